The van der Waals surface area contributed by atoms with Gasteiger partial charge in [-0.15, -0.1) is 0 Å². The number of benzene rings is 1. The summed E-state index contributed by atoms with van der Waals surface area (Å²) in [7, 11) is 0. The van der Waals surface area contributed by atoms with Crippen molar-refractivity contribution in [3.05, 3.63) is 29.3 Å². The van der Waals surface area contributed by atoms with Gasteiger partial charge in [0, 0.05) is 17.3 Å². The fourth-order valence-corrected chi connectivity index (χ4v) is 1.71. The number of nitrogen functional groups attached to an aromatic ring is 1. The number of nitrogens with zero attached hydrogens (tertiary/aromatic N) is 1. The van der Waals surface area contributed by atoms with Gasteiger partial charge >= 0.3 is 0 Å². The molecule has 2 N–H and O–H groups in total. The molecule has 1 aromatic carbocycles. The Morgan fingerprint density at radius 3 is 3.12 bits per heavy atom. The first-order valence-corrected chi connectivity index (χ1v) is 5.60. The Hall–Kier alpha value is -1.68. The number of anilines is 2. The average molecular weight is 253 g/mol. The molecule has 5 heteroatoms. The summed E-state index contributed by atoms with van der Waals surface area (Å²) in [6.07, 6.45) is 1.78. The lowest BCUT2D eigenvalue weighted by Crippen LogP contribution is -2.38. The Kier molecular flexibility index (Phi) is 3.24. The minimum absolute atomic E-state index is 0.0477. The summed E-state index contributed by atoms with van der Waals surface area (Å²) in [5.41, 5.74) is 7.00. The topological polar surface area (TPSA) is 55.6 Å². The number of nitrogens with two attached hydrogens (primary N) is 1. The third-order valence-electron chi connectivity index (χ3n) is 2.48. The van der Waals surface area contributed by atoms with E-state index in [1.54, 1.807) is 36.1 Å². The maximum atomic E-state index is 11.8. The van der Waals surface area contributed by atoms with E-state index in [2.05, 4.69) is 0 Å². The average Bonchev–Trinajstić information content (AvgIpc) is 2.27. The monoisotopic (exact) mass is 252 g/mol. The fraction of sp³-hybridized carbons (Fsp3) is 0.250. The van der Waals surface area contributed by atoms with Gasteiger partial charge in [-0.1, -0.05) is 17.7 Å². The van der Waals surface area contributed by atoms with Gasteiger partial charge in [-0.3, -0.25) is 4.79 Å². The summed E-state index contributed by atoms with van der Waals surface area (Å²) in [5.74, 6) is 0.566. The van der Waals surface area contributed by atoms with Crippen molar-refractivity contribution in [2.24, 2.45) is 0 Å². The summed E-state index contributed by atoms with van der Waals surface area (Å²) in [4.78, 5) is 13.4. The SMILES string of the molecule is C/C(Cl)=C\CN1C(=O)COc2ccc(N)cc21. The van der Waals surface area contributed by atoms with Crippen LogP contribution in [0.15, 0.2) is 29.3 Å². The number of rotatable bonds is 2. The zero-order valence-corrected chi connectivity index (χ0v) is 10.2. The third-order valence-corrected chi connectivity index (χ3v) is 2.64. The predicted molar refractivity (Wildman–Crippen MR) is 68.3 cm³/mol. The van der Waals surface area contributed by atoms with E-state index in [4.69, 9.17) is 22.1 Å². The lowest BCUT2D eigenvalue weighted by molar-refractivity contribution is -0.121. The van der Waals surface area contributed by atoms with E-state index in [-0.39, 0.29) is 12.5 Å². The number of carbonyl (C=O) groups is 1. The predicted octanol–water partition coefficient (Wildman–Crippen LogP) is 2.14. The Bertz CT molecular complexity index is 481. The standard InChI is InChI=1S/C12H13ClN2O2/c1-8(13)4-5-15-10-6-9(14)2-3-11(10)17-7-12(15)16/h2-4,6H,5,7,14H2,1H3/b8-4+. The number of halogens is 1. The van der Waals surface area contributed by atoms with Crippen molar-refractivity contribution in [2.45, 2.75) is 6.92 Å². The zero-order valence-electron chi connectivity index (χ0n) is 9.44. The van der Waals surface area contributed by atoms with Crippen LogP contribution in [0.2, 0.25) is 0 Å². The second kappa shape index (κ2) is 4.67. The molecule has 1 amide bonds. The van der Waals surface area contributed by atoms with Crippen molar-refractivity contribution >= 4 is 28.9 Å². The molecule has 0 bridgehead atoms. The van der Waals surface area contributed by atoms with Crippen LogP contribution in [0.3, 0.4) is 0 Å². The van der Waals surface area contributed by atoms with E-state index in [9.17, 15) is 4.79 Å². The van der Waals surface area contributed by atoms with Crippen LogP contribution >= 0.6 is 11.6 Å². The maximum absolute atomic E-state index is 11.8. The Morgan fingerprint density at radius 1 is 1.65 bits per heavy atom. The van der Waals surface area contributed by atoms with Crippen molar-refractivity contribution in [3.63, 3.8) is 0 Å². The minimum Gasteiger partial charge on any atom is -0.482 e. The molecule has 1 aliphatic heterocycles. The van der Waals surface area contributed by atoms with Crippen molar-refractivity contribution < 1.29 is 9.53 Å². The van der Waals surface area contributed by atoms with Gasteiger partial charge in [0.05, 0.1) is 5.69 Å². The van der Waals surface area contributed by atoms with Crippen LogP contribution in [0.25, 0.3) is 0 Å². The van der Waals surface area contributed by atoms with E-state index in [0.29, 0.717) is 28.7 Å². The Balaban J connectivity index is 2.35. The summed E-state index contributed by atoms with van der Waals surface area (Å²) in [5, 5.41) is 0.648. The molecule has 0 fully saturated rings. The van der Waals surface area contributed by atoms with Gasteiger partial charge < -0.3 is 15.4 Å². The van der Waals surface area contributed by atoms with Crippen LogP contribution in [0.5, 0.6) is 5.75 Å². The summed E-state index contributed by atoms with van der Waals surface area (Å²) >= 11 is 5.77. The first kappa shape index (κ1) is 11.8. The highest BCUT2D eigenvalue weighted by atomic mass is 35.5. The van der Waals surface area contributed by atoms with Gasteiger partial charge in [0.25, 0.3) is 5.91 Å². The molecule has 0 aliphatic carbocycles. The molecule has 1 aromatic rings. The molecular formula is C12H13ClN2O2. The first-order chi connectivity index (χ1) is 8.08. The van der Waals surface area contributed by atoms with Crippen LogP contribution in [-0.2, 0) is 4.79 Å². The van der Waals surface area contributed by atoms with E-state index in [1.165, 1.54) is 0 Å². The molecule has 0 saturated heterocycles. The Labute approximate surface area is 105 Å². The van der Waals surface area contributed by atoms with Gasteiger partial charge in [-0.05, 0) is 25.1 Å². The molecular weight excluding hydrogens is 240 g/mol. The molecule has 17 heavy (non-hydrogen) atoms. The van der Waals surface area contributed by atoms with E-state index < -0.39 is 0 Å². The molecule has 0 atom stereocenters. The van der Waals surface area contributed by atoms with E-state index in [0.717, 1.165) is 0 Å². The van der Waals surface area contributed by atoms with Gasteiger partial charge in [-0.2, -0.15) is 0 Å². The van der Waals surface area contributed by atoms with E-state index >= 15 is 0 Å². The normalized spacial score (nSPS) is 15.5. The first-order valence-electron chi connectivity index (χ1n) is 5.23. The summed E-state index contributed by atoms with van der Waals surface area (Å²) in [6, 6.07) is 5.24. The second-order valence-electron chi connectivity index (χ2n) is 3.81. The van der Waals surface area contributed by atoms with Gasteiger partial charge in [0.15, 0.2) is 6.61 Å². The molecule has 1 heterocycles. The van der Waals surface area contributed by atoms with Crippen LogP contribution in [0.4, 0.5) is 11.4 Å². The van der Waals surface area contributed by atoms with Crippen molar-refractivity contribution in [1.82, 2.24) is 0 Å². The molecule has 0 spiro atoms. The van der Waals surface area contributed by atoms with Gasteiger partial charge in [0.2, 0.25) is 0 Å². The van der Waals surface area contributed by atoms with Crippen LogP contribution < -0.4 is 15.4 Å². The zero-order chi connectivity index (χ0) is 12.4. The molecule has 2 rings (SSSR count). The van der Waals surface area contributed by atoms with Crippen molar-refractivity contribution in [3.8, 4) is 5.75 Å². The quantitative estimate of drug-likeness (QED) is 0.821. The number of fused-ring (bicyclic) bond motifs is 1. The van der Waals surface area contributed by atoms with E-state index in [1.807, 2.05) is 0 Å². The third kappa shape index (κ3) is 2.53. The fourth-order valence-electron chi connectivity index (χ4n) is 1.64. The molecule has 0 aromatic heterocycles. The van der Waals surface area contributed by atoms with Gasteiger partial charge in [0.1, 0.15) is 5.75 Å². The lowest BCUT2D eigenvalue weighted by Gasteiger charge is -2.28. The summed E-state index contributed by atoms with van der Waals surface area (Å²) in [6.45, 7) is 2.24. The van der Waals surface area contributed by atoms with Crippen LogP contribution in [0.1, 0.15) is 6.92 Å². The van der Waals surface area contributed by atoms with Gasteiger partial charge in [-0.25, -0.2) is 0 Å². The van der Waals surface area contributed by atoms with Crippen molar-refractivity contribution in [1.29, 1.82) is 0 Å². The summed E-state index contributed by atoms with van der Waals surface area (Å²) < 4.78 is 5.33. The number of ether oxygens (including phenoxy) is 1. The highest BCUT2D eigenvalue weighted by Crippen LogP contribution is 2.33. The van der Waals surface area contributed by atoms with Crippen molar-refractivity contribution in [2.75, 3.05) is 23.8 Å². The number of hydrogen-bond donors (Lipinski definition) is 1. The largest absolute Gasteiger partial charge is 0.482 e. The molecule has 4 nitrogen and oxygen atoms in total. The highest BCUT2D eigenvalue weighted by Gasteiger charge is 2.24. The maximum Gasteiger partial charge on any atom is 0.265 e. The molecule has 0 radical (unpaired) electrons. The molecule has 0 unspecified atom stereocenters. The highest BCUT2D eigenvalue weighted by molar-refractivity contribution is 6.29. The smallest absolute Gasteiger partial charge is 0.265 e. The Morgan fingerprint density at radius 2 is 2.41 bits per heavy atom. The second-order valence-corrected chi connectivity index (χ2v) is 4.41. The van der Waals surface area contributed by atoms with Crippen LogP contribution in [-0.4, -0.2) is 19.1 Å². The molecule has 1 aliphatic rings. The minimum atomic E-state index is -0.0998. The molecule has 0 saturated carbocycles. The lowest BCUT2D eigenvalue weighted by atomic mass is 10.2. The number of carbonyl (C=O) groups excluding carboxylic acids is 1. The van der Waals surface area contributed by atoms with Crippen LogP contribution in [0, 0.1) is 0 Å². The number of hydrogen-bond acceptors (Lipinski definition) is 3. The number of allylic oxidation sites excluding steroid dienone is 1. The number of amides is 1. The molecule has 90 valence electrons.